The minimum atomic E-state index is -0.697. The largest absolute Gasteiger partial charge is 0.446 e. The van der Waals surface area contributed by atoms with Gasteiger partial charge >= 0.3 is 6.09 Å². The van der Waals surface area contributed by atoms with Crippen molar-refractivity contribution in [3.8, 4) is 0 Å². The zero-order chi connectivity index (χ0) is 15.1. The molecule has 1 saturated carbocycles. The quantitative estimate of drug-likeness (QED) is 0.748. The zero-order valence-electron chi connectivity index (χ0n) is 11.9. The molecule has 0 atom stereocenters. The maximum atomic E-state index is 10.8. The maximum absolute atomic E-state index is 10.8. The van der Waals surface area contributed by atoms with Gasteiger partial charge in [0.2, 0.25) is 0 Å². The molecule has 1 amide bonds. The van der Waals surface area contributed by atoms with Crippen LogP contribution in [-0.4, -0.2) is 37.0 Å². The molecule has 1 aliphatic rings. The third-order valence-electron chi connectivity index (χ3n) is 4.34. The van der Waals surface area contributed by atoms with Crippen LogP contribution >= 0.6 is 0 Å². The number of carbonyl (C=O) groups is 1. The molecule has 3 aromatic heterocycles. The predicted molar refractivity (Wildman–Crippen MR) is 78.3 cm³/mol. The van der Waals surface area contributed by atoms with E-state index in [1.54, 1.807) is 10.8 Å². The highest BCUT2D eigenvalue weighted by Gasteiger charge is 2.28. The average molecular weight is 300 g/mol. The second-order valence-electron chi connectivity index (χ2n) is 5.66. The predicted octanol–water partition coefficient (Wildman–Crippen LogP) is 1.73. The number of amides is 1. The van der Waals surface area contributed by atoms with Crippen LogP contribution in [-0.2, 0) is 4.74 Å². The fourth-order valence-corrected chi connectivity index (χ4v) is 3.31. The van der Waals surface area contributed by atoms with Crippen LogP contribution in [0.3, 0.4) is 0 Å². The van der Waals surface area contributed by atoms with Crippen molar-refractivity contribution in [1.82, 2.24) is 24.8 Å². The number of nitrogens with one attached hydrogen (secondary N) is 1. The zero-order valence-corrected chi connectivity index (χ0v) is 11.9. The molecule has 3 N–H and O–H groups in total. The first-order chi connectivity index (χ1) is 10.7. The number of rotatable bonds is 2. The second-order valence-corrected chi connectivity index (χ2v) is 5.66. The van der Waals surface area contributed by atoms with Crippen molar-refractivity contribution in [3.63, 3.8) is 0 Å². The van der Waals surface area contributed by atoms with Crippen LogP contribution in [0.1, 0.15) is 37.3 Å². The maximum Gasteiger partial charge on any atom is 0.404 e. The number of aromatic amines is 1. The van der Waals surface area contributed by atoms with E-state index in [2.05, 4.69) is 20.3 Å². The van der Waals surface area contributed by atoms with Gasteiger partial charge in [-0.05, 0) is 31.7 Å². The molecule has 1 fully saturated rings. The molecule has 4 rings (SSSR count). The van der Waals surface area contributed by atoms with Crippen molar-refractivity contribution in [3.05, 3.63) is 24.3 Å². The van der Waals surface area contributed by atoms with Gasteiger partial charge in [0, 0.05) is 17.5 Å². The van der Waals surface area contributed by atoms with Gasteiger partial charge in [0.1, 0.15) is 23.6 Å². The molecule has 22 heavy (non-hydrogen) atoms. The van der Waals surface area contributed by atoms with Crippen LogP contribution < -0.4 is 5.73 Å². The molecular formula is C14H16N6O2. The number of nitrogens with two attached hydrogens (primary N) is 1. The minimum Gasteiger partial charge on any atom is -0.446 e. The number of aromatic nitrogens is 5. The van der Waals surface area contributed by atoms with Gasteiger partial charge in [-0.3, -0.25) is 0 Å². The standard InChI is InChI=1S/C14H16N6O2/c15-14(21)22-9-3-1-8(2-4-9)11-12-10-5-6-16-13(10)17-7-20(12)19-18-11/h5-9,16H,1-4H2,(H2,15,21). The lowest BCUT2D eigenvalue weighted by atomic mass is 9.84. The summed E-state index contributed by atoms with van der Waals surface area (Å²) >= 11 is 0. The van der Waals surface area contributed by atoms with Crippen molar-refractivity contribution < 1.29 is 9.53 Å². The number of fused-ring (bicyclic) bond motifs is 3. The molecule has 0 aromatic carbocycles. The van der Waals surface area contributed by atoms with Gasteiger partial charge in [-0.25, -0.2) is 14.3 Å². The van der Waals surface area contributed by atoms with Crippen LogP contribution in [0.2, 0.25) is 0 Å². The average Bonchev–Trinajstić information content (AvgIpc) is 3.13. The second kappa shape index (κ2) is 4.97. The first-order valence-electron chi connectivity index (χ1n) is 7.35. The summed E-state index contributed by atoms with van der Waals surface area (Å²) in [5.41, 5.74) is 7.91. The summed E-state index contributed by atoms with van der Waals surface area (Å²) in [6.07, 6.45) is 6.17. The molecule has 3 heterocycles. The summed E-state index contributed by atoms with van der Waals surface area (Å²) in [7, 11) is 0. The Labute approximate surface area is 125 Å². The van der Waals surface area contributed by atoms with Gasteiger partial charge in [0.25, 0.3) is 0 Å². The summed E-state index contributed by atoms with van der Waals surface area (Å²) in [5, 5.41) is 9.56. The Morgan fingerprint density at radius 1 is 1.36 bits per heavy atom. The van der Waals surface area contributed by atoms with E-state index < -0.39 is 6.09 Å². The van der Waals surface area contributed by atoms with E-state index in [9.17, 15) is 4.79 Å². The fourth-order valence-electron chi connectivity index (χ4n) is 3.31. The van der Waals surface area contributed by atoms with Gasteiger partial charge < -0.3 is 15.5 Å². The molecule has 0 radical (unpaired) electrons. The van der Waals surface area contributed by atoms with E-state index in [0.717, 1.165) is 47.9 Å². The summed E-state index contributed by atoms with van der Waals surface area (Å²) in [6, 6.07) is 1.99. The molecule has 0 spiro atoms. The number of hydrogen-bond acceptors (Lipinski definition) is 5. The normalized spacial score (nSPS) is 22.2. The van der Waals surface area contributed by atoms with E-state index in [4.69, 9.17) is 10.5 Å². The van der Waals surface area contributed by atoms with Crippen LogP contribution in [0.4, 0.5) is 4.79 Å². The fraction of sp³-hybridized carbons (Fsp3) is 0.429. The third-order valence-corrected chi connectivity index (χ3v) is 4.34. The third kappa shape index (κ3) is 2.07. The van der Waals surface area contributed by atoms with Crippen molar-refractivity contribution >= 4 is 22.6 Å². The Kier molecular flexibility index (Phi) is 2.95. The minimum absolute atomic E-state index is 0.0791. The molecule has 3 aromatic rings. The van der Waals surface area contributed by atoms with Gasteiger partial charge in [-0.15, -0.1) is 5.10 Å². The smallest absolute Gasteiger partial charge is 0.404 e. The first-order valence-corrected chi connectivity index (χ1v) is 7.35. The summed E-state index contributed by atoms with van der Waals surface area (Å²) in [6.45, 7) is 0. The first kappa shape index (κ1) is 13.1. The van der Waals surface area contributed by atoms with Gasteiger partial charge in [-0.2, -0.15) is 0 Å². The molecule has 0 unspecified atom stereocenters. The van der Waals surface area contributed by atoms with Crippen LogP contribution in [0.5, 0.6) is 0 Å². The molecule has 8 nitrogen and oxygen atoms in total. The van der Waals surface area contributed by atoms with Crippen LogP contribution in [0, 0.1) is 0 Å². The van der Waals surface area contributed by atoms with Crippen molar-refractivity contribution in [1.29, 1.82) is 0 Å². The van der Waals surface area contributed by atoms with E-state index in [-0.39, 0.29) is 6.10 Å². The lowest BCUT2D eigenvalue weighted by Gasteiger charge is -2.26. The van der Waals surface area contributed by atoms with E-state index in [0.29, 0.717) is 5.92 Å². The highest BCUT2D eigenvalue weighted by Crippen LogP contribution is 2.36. The highest BCUT2D eigenvalue weighted by molar-refractivity contribution is 5.92. The van der Waals surface area contributed by atoms with E-state index >= 15 is 0 Å². The van der Waals surface area contributed by atoms with Crippen LogP contribution in [0.15, 0.2) is 18.6 Å². The number of carbonyl (C=O) groups excluding carboxylic acids is 1. The Hall–Kier alpha value is -2.64. The van der Waals surface area contributed by atoms with Crippen molar-refractivity contribution in [2.45, 2.75) is 37.7 Å². The number of ether oxygens (including phenoxy) is 1. The molecule has 8 heteroatoms. The lowest BCUT2D eigenvalue weighted by molar-refractivity contribution is 0.0785. The van der Waals surface area contributed by atoms with Gasteiger partial charge in [0.15, 0.2) is 0 Å². The molecule has 0 saturated heterocycles. The molecule has 0 bridgehead atoms. The summed E-state index contributed by atoms with van der Waals surface area (Å²) in [5.74, 6) is 0.311. The Morgan fingerprint density at radius 2 is 2.18 bits per heavy atom. The van der Waals surface area contributed by atoms with Crippen molar-refractivity contribution in [2.75, 3.05) is 0 Å². The van der Waals surface area contributed by atoms with Gasteiger partial charge in [-0.1, -0.05) is 5.21 Å². The number of H-pyrrole nitrogens is 1. The number of hydrogen-bond donors (Lipinski definition) is 2. The summed E-state index contributed by atoms with van der Waals surface area (Å²) in [4.78, 5) is 18.2. The molecule has 0 aliphatic heterocycles. The number of nitrogens with zero attached hydrogens (tertiary/aromatic N) is 4. The Balaban J connectivity index is 1.65. The monoisotopic (exact) mass is 300 g/mol. The van der Waals surface area contributed by atoms with Crippen LogP contribution in [0.25, 0.3) is 16.6 Å². The lowest BCUT2D eigenvalue weighted by Crippen LogP contribution is -2.26. The molecule has 114 valence electrons. The molecule has 1 aliphatic carbocycles. The van der Waals surface area contributed by atoms with Gasteiger partial charge in [0.05, 0.1) is 5.69 Å². The highest BCUT2D eigenvalue weighted by atomic mass is 16.6. The Bertz CT molecular complexity index is 830. The molecular weight excluding hydrogens is 284 g/mol. The van der Waals surface area contributed by atoms with Crippen molar-refractivity contribution in [2.24, 2.45) is 5.73 Å². The SMILES string of the molecule is NC(=O)OC1CCC(c2nnn3cnc4[nH]ccc4c23)CC1. The number of primary amides is 1. The van der Waals surface area contributed by atoms with E-state index in [1.165, 1.54) is 0 Å². The topological polar surface area (TPSA) is 111 Å². The Morgan fingerprint density at radius 3 is 2.95 bits per heavy atom. The van der Waals surface area contributed by atoms with E-state index in [1.807, 2.05) is 12.3 Å². The summed E-state index contributed by atoms with van der Waals surface area (Å²) < 4.78 is 6.80.